The summed E-state index contributed by atoms with van der Waals surface area (Å²) in [5, 5.41) is 14.0. The Hall–Kier alpha value is -0.910. The minimum absolute atomic E-state index is 0.0231. The fraction of sp³-hybridized carbons (Fsp3) is 0.188. The van der Waals surface area contributed by atoms with E-state index < -0.39 is 6.10 Å². The molecule has 2 aromatic carbocycles. The van der Waals surface area contributed by atoms with Crippen LogP contribution >= 0.6 is 46.6 Å². The summed E-state index contributed by atoms with van der Waals surface area (Å²) in [7, 11) is 0. The van der Waals surface area contributed by atoms with Gasteiger partial charge in [0.15, 0.2) is 0 Å². The van der Waals surface area contributed by atoms with Crippen LogP contribution < -0.4 is 5.32 Å². The Morgan fingerprint density at radius 3 is 2.43 bits per heavy atom. The molecule has 0 aromatic heterocycles. The lowest BCUT2D eigenvalue weighted by Gasteiger charge is -2.14. The van der Waals surface area contributed by atoms with Crippen LogP contribution in [0.5, 0.6) is 0 Å². The molecule has 3 nitrogen and oxygen atoms in total. The lowest BCUT2D eigenvalue weighted by Crippen LogP contribution is -2.28. The van der Waals surface area contributed by atoms with Gasteiger partial charge in [0.25, 0.3) is 5.91 Å². The van der Waals surface area contributed by atoms with Crippen molar-refractivity contribution in [2.45, 2.75) is 11.0 Å². The molecule has 122 valence electrons. The Kier molecular flexibility index (Phi) is 6.62. The minimum Gasteiger partial charge on any atom is -0.387 e. The molecule has 1 unspecified atom stereocenters. The number of thioether (sulfide) groups is 1. The van der Waals surface area contributed by atoms with E-state index in [1.165, 1.54) is 11.8 Å². The fourth-order valence-corrected chi connectivity index (χ4v) is 3.16. The Balaban J connectivity index is 2.06. The first-order chi connectivity index (χ1) is 10.9. The molecule has 2 rings (SSSR count). The number of benzene rings is 2. The molecule has 0 aliphatic heterocycles. The predicted octanol–water partition coefficient (Wildman–Crippen LogP) is 4.83. The molecule has 0 aliphatic rings. The highest BCUT2D eigenvalue weighted by molar-refractivity contribution is 7.98. The normalized spacial score (nSPS) is 12.0. The van der Waals surface area contributed by atoms with Crippen molar-refractivity contribution in [3.8, 4) is 0 Å². The van der Waals surface area contributed by atoms with Crippen LogP contribution in [0.2, 0.25) is 15.1 Å². The molecular formula is C16H14Cl3NO2S. The summed E-state index contributed by atoms with van der Waals surface area (Å²) in [5.41, 5.74) is 0.904. The number of aliphatic hydroxyl groups excluding tert-OH is 1. The van der Waals surface area contributed by atoms with Gasteiger partial charge in [-0.1, -0.05) is 34.8 Å². The molecule has 0 bridgehead atoms. The number of amides is 1. The van der Waals surface area contributed by atoms with Crippen molar-refractivity contribution in [2.75, 3.05) is 12.8 Å². The van der Waals surface area contributed by atoms with Crippen molar-refractivity contribution in [1.82, 2.24) is 5.32 Å². The van der Waals surface area contributed by atoms with Gasteiger partial charge in [0.1, 0.15) is 0 Å². The van der Waals surface area contributed by atoms with Gasteiger partial charge in [-0.25, -0.2) is 0 Å². The Bertz CT molecular complexity index is 704. The average Bonchev–Trinajstić information content (AvgIpc) is 2.51. The maximum Gasteiger partial charge on any atom is 0.252 e. The number of halogens is 3. The molecule has 0 radical (unpaired) electrons. The molecule has 0 saturated heterocycles. The molecule has 0 saturated carbocycles. The smallest absolute Gasteiger partial charge is 0.252 e. The van der Waals surface area contributed by atoms with Crippen molar-refractivity contribution in [1.29, 1.82) is 0 Å². The topological polar surface area (TPSA) is 49.3 Å². The lowest BCUT2D eigenvalue weighted by atomic mass is 10.1. The van der Waals surface area contributed by atoms with Crippen molar-refractivity contribution in [3.05, 3.63) is 62.6 Å². The van der Waals surface area contributed by atoms with Gasteiger partial charge >= 0.3 is 0 Å². The van der Waals surface area contributed by atoms with Crippen LogP contribution in [0.15, 0.2) is 41.3 Å². The quantitative estimate of drug-likeness (QED) is 0.719. The second-order valence-corrected chi connectivity index (χ2v) is 6.93. The summed E-state index contributed by atoms with van der Waals surface area (Å²) < 4.78 is 0. The van der Waals surface area contributed by atoms with E-state index in [9.17, 15) is 9.90 Å². The molecule has 1 amide bonds. The fourth-order valence-electron chi connectivity index (χ4n) is 1.98. The van der Waals surface area contributed by atoms with Gasteiger partial charge in [0, 0.05) is 21.5 Å². The predicted molar refractivity (Wildman–Crippen MR) is 97.0 cm³/mol. The SMILES string of the molecule is CSc1ccc(Cl)c(C(=O)NCC(O)c2cc(Cl)cc(Cl)c2)c1. The monoisotopic (exact) mass is 389 g/mol. The average molecular weight is 391 g/mol. The molecule has 7 heteroatoms. The van der Waals surface area contributed by atoms with E-state index >= 15 is 0 Å². The molecule has 0 aliphatic carbocycles. The number of carbonyl (C=O) groups is 1. The Labute approximate surface area is 153 Å². The highest BCUT2D eigenvalue weighted by Gasteiger charge is 2.14. The van der Waals surface area contributed by atoms with Crippen LogP contribution in [0.1, 0.15) is 22.0 Å². The van der Waals surface area contributed by atoms with E-state index in [1.807, 2.05) is 12.3 Å². The molecule has 0 heterocycles. The number of rotatable bonds is 5. The van der Waals surface area contributed by atoms with E-state index in [0.717, 1.165) is 4.90 Å². The third-order valence-electron chi connectivity index (χ3n) is 3.14. The van der Waals surface area contributed by atoms with E-state index in [0.29, 0.717) is 26.2 Å². The van der Waals surface area contributed by atoms with Crippen LogP contribution in [0.3, 0.4) is 0 Å². The van der Waals surface area contributed by atoms with Crippen LogP contribution in [0.4, 0.5) is 0 Å². The number of hydrogen-bond acceptors (Lipinski definition) is 3. The molecule has 2 aromatic rings. The summed E-state index contributed by atoms with van der Waals surface area (Å²) in [5.74, 6) is -0.349. The van der Waals surface area contributed by atoms with Crippen molar-refractivity contribution >= 4 is 52.5 Å². The highest BCUT2D eigenvalue weighted by Crippen LogP contribution is 2.25. The maximum atomic E-state index is 12.2. The zero-order valence-corrected chi connectivity index (χ0v) is 15.2. The Morgan fingerprint density at radius 1 is 1.17 bits per heavy atom. The number of aliphatic hydroxyl groups is 1. The maximum absolute atomic E-state index is 12.2. The highest BCUT2D eigenvalue weighted by atomic mass is 35.5. The van der Waals surface area contributed by atoms with Gasteiger partial charge < -0.3 is 10.4 Å². The first-order valence-corrected chi connectivity index (χ1v) is 9.02. The zero-order valence-electron chi connectivity index (χ0n) is 12.1. The summed E-state index contributed by atoms with van der Waals surface area (Å²) in [6.45, 7) is 0.0231. The third-order valence-corrected chi connectivity index (χ3v) is 4.64. The van der Waals surface area contributed by atoms with Gasteiger partial charge in [0.05, 0.1) is 16.7 Å². The number of hydrogen-bond donors (Lipinski definition) is 2. The summed E-state index contributed by atoms with van der Waals surface area (Å²) in [6.07, 6.45) is 0.995. The molecule has 0 spiro atoms. The second kappa shape index (κ2) is 8.27. The van der Waals surface area contributed by atoms with Crippen molar-refractivity contribution in [2.24, 2.45) is 0 Å². The largest absolute Gasteiger partial charge is 0.387 e. The van der Waals surface area contributed by atoms with E-state index in [1.54, 1.807) is 30.3 Å². The number of carbonyl (C=O) groups excluding carboxylic acids is 1. The van der Waals surface area contributed by atoms with E-state index in [4.69, 9.17) is 34.8 Å². The summed E-state index contributed by atoms with van der Waals surface area (Å²) >= 11 is 19.4. The number of nitrogens with one attached hydrogen (secondary N) is 1. The van der Waals surface area contributed by atoms with Gasteiger partial charge in [-0.2, -0.15) is 0 Å². The van der Waals surface area contributed by atoms with Gasteiger partial charge in [-0.05, 0) is 48.2 Å². The van der Waals surface area contributed by atoms with Gasteiger partial charge in [-0.3, -0.25) is 4.79 Å². The molecule has 1 atom stereocenters. The first-order valence-electron chi connectivity index (χ1n) is 6.66. The van der Waals surface area contributed by atoms with Crippen LogP contribution in [-0.4, -0.2) is 23.8 Å². The first kappa shape index (κ1) is 18.4. The molecule has 23 heavy (non-hydrogen) atoms. The van der Waals surface area contributed by atoms with Crippen molar-refractivity contribution in [3.63, 3.8) is 0 Å². The minimum atomic E-state index is -0.919. The van der Waals surface area contributed by atoms with Gasteiger partial charge in [-0.15, -0.1) is 11.8 Å². The zero-order chi connectivity index (χ0) is 17.0. The molecular weight excluding hydrogens is 377 g/mol. The van der Waals surface area contributed by atoms with Crippen LogP contribution in [-0.2, 0) is 0 Å². The lowest BCUT2D eigenvalue weighted by molar-refractivity contribution is 0.0916. The van der Waals surface area contributed by atoms with Gasteiger partial charge in [0.2, 0.25) is 0 Å². The Morgan fingerprint density at radius 2 is 1.83 bits per heavy atom. The standard InChI is InChI=1S/C16H14Cl3NO2S/c1-23-12-2-3-14(19)13(7-12)16(22)20-8-15(21)9-4-10(17)6-11(18)5-9/h2-7,15,21H,8H2,1H3,(H,20,22). The van der Waals surface area contributed by atoms with Crippen LogP contribution in [0.25, 0.3) is 0 Å². The summed E-state index contributed by atoms with van der Waals surface area (Å²) in [6, 6.07) is 10.0. The van der Waals surface area contributed by atoms with Crippen LogP contribution in [0, 0.1) is 0 Å². The molecule has 0 fully saturated rings. The second-order valence-electron chi connectivity index (χ2n) is 4.77. The third kappa shape index (κ3) is 5.03. The van der Waals surface area contributed by atoms with E-state index in [-0.39, 0.29) is 12.5 Å². The molecule has 2 N–H and O–H groups in total. The van der Waals surface area contributed by atoms with Crippen molar-refractivity contribution < 1.29 is 9.90 Å². The van der Waals surface area contributed by atoms with E-state index in [2.05, 4.69) is 5.32 Å². The summed E-state index contributed by atoms with van der Waals surface area (Å²) in [4.78, 5) is 13.2.